The lowest BCUT2D eigenvalue weighted by Crippen LogP contribution is -2.18. The Labute approximate surface area is 77.3 Å². The molecule has 3 nitrogen and oxygen atoms in total. The van der Waals surface area contributed by atoms with Crippen molar-refractivity contribution in [3.05, 3.63) is 34.5 Å². The van der Waals surface area contributed by atoms with Gasteiger partial charge in [-0.1, -0.05) is 6.58 Å². The van der Waals surface area contributed by atoms with Crippen LogP contribution in [0.1, 0.15) is 11.4 Å². The summed E-state index contributed by atoms with van der Waals surface area (Å²) in [6.07, 6.45) is -4.56. The molecule has 0 radical (unpaired) electrons. The Balaban J connectivity index is 3.21. The van der Waals surface area contributed by atoms with Gasteiger partial charge in [-0.05, 0) is 13.0 Å². The maximum Gasteiger partial charge on any atom is 0.417 e. The minimum Gasteiger partial charge on any atom is -0.310 e. The molecule has 1 heterocycles. The summed E-state index contributed by atoms with van der Waals surface area (Å²) in [4.78, 5) is 16.2. The highest BCUT2D eigenvalue weighted by Gasteiger charge is 2.33. The van der Waals surface area contributed by atoms with Crippen LogP contribution in [0.4, 0.5) is 13.2 Å². The first-order valence-electron chi connectivity index (χ1n) is 3.65. The number of aromatic amines is 1. The first kappa shape index (κ1) is 10.5. The molecular weight excluding hydrogens is 197 g/mol. The molecule has 0 bridgehead atoms. The summed E-state index contributed by atoms with van der Waals surface area (Å²) in [7, 11) is 0. The van der Waals surface area contributed by atoms with Crippen LogP contribution in [0.5, 0.6) is 0 Å². The van der Waals surface area contributed by atoms with Crippen LogP contribution in [0.2, 0.25) is 0 Å². The van der Waals surface area contributed by atoms with Gasteiger partial charge in [-0.15, -0.1) is 0 Å². The number of nitrogens with zero attached hydrogens (tertiary/aromatic N) is 1. The van der Waals surface area contributed by atoms with Crippen molar-refractivity contribution >= 4 is 5.57 Å². The van der Waals surface area contributed by atoms with Crippen molar-refractivity contribution in [2.24, 2.45) is 0 Å². The third-order valence-electron chi connectivity index (χ3n) is 1.53. The molecule has 0 spiro atoms. The van der Waals surface area contributed by atoms with E-state index >= 15 is 0 Å². The van der Waals surface area contributed by atoms with E-state index in [1.54, 1.807) is 0 Å². The SMILES string of the molecule is C=C(c1cc(C)[nH]c(=O)n1)C(F)(F)F. The van der Waals surface area contributed by atoms with E-state index < -0.39 is 23.1 Å². The third kappa shape index (κ3) is 2.21. The van der Waals surface area contributed by atoms with Gasteiger partial charge in [-0.25, -0.2) is 4.79 Å². The summed E-state index contributed by atoms with van der Waals surface area (Å²) < 4.78 is 36.4. The van der Waals surface area contributed by atoms with Gasteiger partial charge in [0, 0.05) is 5.69 Å². The quantitative estimate of drug-likeness (QED) is 0.756. The van der Waals surface area contributed by atoms with Crippen molar-refractivity contribution in [1.82, 2.24) is 9.97 Å². The zero-order valence-electron chi connectivity index (χ0n) is 7.27. The molecule has 0 saturated carbocycles. The number of hydrogen-bond acceptors (Lipinski definition) is 2. The second-order valence-electron chi connectivity index (χ2n) is 2.73. The van der Waals surface area contributed by atoms with E-state index in [4.69, 9.17) is 0 Å². The summed E-state index contributed by atoms with van der Waals surface area (Å²) >= 11 is 0. The van der Waals surface area contributed by atoms with Crippen LogP contribution >= 0.6 is 0 Å². The van der Waals surface area contributed by atoms with E-state index in [1.807, 2.05) is 0 Å². The molecule has 0 aliphatic rings. The molecule has 0 unspecified atom stereocenters. The Kier molecular flexibility index (Phi) is 2.46. The molecule has 0 amide bonds. The second kappa shape index (κ2) is 3.28. The molecule has 1 aromatic rings. The lowest BCUT2D eigenvalue weighted by Gasteiger charge is -2.08. The van der Waals surface area contributed by atoms with E-state index in [1.165, 1.54) is 6.92 Å². The lowest BCUT2D eigenvalue weighted by atomic mass is 10.2. The number of aryl methyl sites for hydroxylation is 1. The predicted octanol–water partition coefficient (Wildman–Crippen LogP) is 1.65. The van der Waals surface area contributed by atoms with Crippen molar-refractivity contribution in [2.75, 3.05) is 0 Å². The molecule has 0 atom stereocenters. The number of alkyl halides is 3. The van der Waals surface area contributed by atoms with Gasteiger partial charge in [-0.3, -0.25) is 0 Å². The van der Waals surface area contributed by atoms with Gasteiger partial charge in [0.1, 0.15) is 0 Å². The molecule has 0 saturated heterocycles. The predicted molar refractivity (Wildman–Crippen MR) is 44.7 cm³/mol. The van der Waals surface area contributed by atoms with Crippen LogP contribution in [0.3, 0.4) is 0 Å². The Morgan fingerprint density at radius 2 is 2.14 bits per heavy atom. The highest BCUT2D eigenvalue weighted by molar-refractivity contribution is 5.64. The van der Waals surface area contributed by atoms with Gasteiger partial charge in [0.2, 0.25) is 0 Å². The fraction of sp³-hybridized carbons (Fsp3) is 0.250. The minimum absolute atomic E-state index is 0.311. The Hall–Kier alpha value is -1.59. The molecule has 1 N–H and O–H groups in total. The van der Waals surface area contributed by atoms with E-state index in [-0.39, 0.29) is 0 Å². The molecule has 0 aliphatic carbocycles. The number of aromatic nitrogens is 2. The molecule has 0 aliphatic heterocycles. The van der Waals surface area contributed by atoms with Crippen molar-refractivity contribution in [3.8, 4) is 0 Å². The maximum absolute atomic E-state index is 12.1. The number of nitrogens with one attached hydrogen (secondary N) is 1. The highest BCUT2D eigenvalue weighted by atomic mass is 19.4. The van der Waals surface area contributed by atoms with Crippen LogP contribution in [-0.2, 0) is 0 Å². The molecule has 0 aromatic carbocycles. The molecular formula is C8H7F3N2O. The van der Waals surface area contributed by atoms with Crippen LogP contribution < -0.4 is 5.69 Å². The van der Waals surface area contributed by atoms with E-state index in [0.717, 1.165) is 6.07 Å². The van der Waals surface area contributed by atoms with Crippen LogP contribution in [0.15, 0.2) is 17.4 Å². The fourth-order valence-corrected chi connectivity index (χ4v) is 0.879. The second-order valence-corrected chi connectivity index (χ2v) is 2.73. The van der Waals surface area contributed by atoms with E-state index in [0.29, 0.717) is 5.69 Å². The number of halogens is 3. The van der Waals surface area contributed by atoms with Crippen molar-refractivity contribution < 1.29 is 13.2 Å². The summed E-state index contributed by atoms with van der Waals surface area (Å²) in [6.45, 7) is 4.31. The standard InChI is InChI=1S/C8H7F3N2O/c1-4-3-6(13-7(14)12-4)5(2)8(9,10)11/h3H,2H2,1H3,(H,12,13,14). The summed E-state index contributed by atoms with van der Waals surface area (Å²) in [5.41, 5.74) is -2.07. The maximum atomic E-state index is 12.1. The van der Waals surface area contributed by atoms with Crippen molar-refractivity contribution in [3.63, 3.8) is 0 Å². The first-order chi connectivity index (χ1) is 6.30. The Bertz CT molecular complexity index is 419. The molecule has 6 heteroatoms. The summed E-state index contributed by atoms with van der Waals surface area (Å²) in [5, 5.41) is 0. The number of hydrogen-bond donors (Lipinski definition) is 1. The Morgan fingerprint density at radius 3 is 2.57 bits per heavy atom. The average molecular weight is 204 g/mol. The van der Waals surface area contributed by atoms with Crippen LogP contribution in [0.25, 0.3) is 5.57 Å². The molecule has 1 rings (SSSR count). The van der Waals surface area contributed by atoms with Gasteiger partial charge in [0.25, 0.3) is 0 Å². The monoisotopic (exact) mass is 204 g/mol. The van der Waals surface area contributed by atoms with Gasteiger partial charge >= 0.3 is 11.9 Å². The lowest BCUT2D eigenvalue weighted by molar-refractivity contribution is -0.0689. The van der Waals surface area contributed by atoms with Crippen molar-refractivity contribution in [1.29, 1.82) is 0 Å². The van der Waals surface area contributed by atoms with Crippen molar-refractivity contribution in [2.45, 2.75) is 13.1 Å². The Morgan fingerprint density at radius 1 is 1.57 bits per heavy atom. The van der Waals surface area contributed by atoms with Crippen LogP contribution in [0, 0.1) is 6.92 Å². The molecule has 0 fully saturated rings. The van der Waals surface area contributed by atoms with Gasteiger partial charge in [-0.2, -0.15) is 18.2 Å². The number of H-pyrrole nitrogens is 1. The smallest absolute Gasteiger partial charge is 0.310 e. The first-order valence-corrected chi connectivity index (χ1v) is 3.65. The summed E-state index contributed by atoms with van der Waals surface area (Å²) in [6, 6.07) is 1.12. The molecule has 76 valence electrons. The number of allylic oxidation sites excluding steroid dienone is 1. The van der Waals surface area contributed by atoms with Crippen LogP contribution in [-0.4, -0.2) is 16.1 Å². The average Bonchev–Trinajstić information content (AvgIpc) is 1.99. The topological polar surface area (TPSA) is 45.8 Å². The summed E-state index contributed by atoms with van der Waals surface area (Å²) in [5.74, 6) is 0. The third-order valence-corrected chi connectivity index (χ3v) is 1.53. The van der Waals surface area contributed by atoms with Gasteiger partial charge in [0.15, 0.2) is 0 Å². The largest absolute Gasteiger partial charge is 0.417 e. The molecule has 1 aromatic heterocycles. The normalized spacial score (nSPS) is 11.4. The van der Waals surface area contributed by atoms with E-state index in [2.05, 4.69) is 16.5 Å². The van der Waals surface area contributed by atoms with Gasteiger partial charge in [0.05, 0.1) is 11.3 Å². The zero-order chi connectivity index (χ0) is 10.9. The highest BCUT2D eigenvalue weighted by Crippen LogP contribution is 2.30. The van der Waals surface area contributed by atoms with E-state index in [9.17, 15) is 18.0 Å². The number of rotatable bonds is 1. The van der Waals surface area contributed by atoms with Gasteiger partial charge < -0.3 is 4.98 Å². The zero-order valence-corrected chi connectivity index (χ0v) is 7.27. The minimum atomic E-state index is -4.56. The molecule has 14 heavy (non-hydrogen) atoms. The fourth-order valence-electron chi connectivity index (χ4n) is 0.879.